The first-order valence-corrected chi connectivity index (χ1v) is 9.95. The molecule has 2 heterocycles. The summed E-state index contributed by atoms with van der Waals surface area (Å²) in [6.45, 7) is 3.73. The van der Waals surface area contributed by atoms with Gasteiger partial charge in [0.2, 0.25) is 0 Å². The summed E-state index contributed by atoms with van der Waals surface area (Å²) in [5.74, 6) is -0.404. The Morgan fingerprint density at radius 2 is 1.67 bits per heavy atom. The number of aryl methyl sites for hydroxylation is 2. The lowest BCUT2D eigenvalue weighted by atomic mass is 9.90. The van der Waals surface area contributed by atoms with E-state index in [9.17, 15) is 24.8 Å². The number of hydrogen-bond acceptors (Lipinski definition) is 5. The third kappa shape index (κ3) is 3.53. The first-order valence-electron chi connectivity index (χ1n) is 9.95. The van der Waals surface area contributed by atoms with E-state index >= 15 is 0 Å². The lowest BCUT2D eigenvalue weighted by molar-refractivity contribution is -0.231. The molecule has 1 fully saturated rings. The van der Waals surface area contributed by atoms with E-state index in [1.54, 1.807) is 16.8 Å². The van der Waals surface area contributed by atoms with Crippen LogP contribution in [0.3, 0.4) is 0 Å². The first kappa shape index (κ1) is 21.0. The van der Waals surface area contributed by atoms with Crippen LogP contribution in [0, 0.1) is 19.7 Å². The van der Waals surface area contributed by atoms with Crippen molar-refractivity contribution in [1.82, 2.24) is 4.57 Å². The van der Waals surface area contributed by atoms with Gasteiger partial charge in [-0.25, -0.2) is 4.39 Å². The van der Waals surface area contributed by atoms with Crippen LogP contribution in [-0.2, 0) is 11.3 Å². The van der Waals surface area contributed by atoms with E-state index in [4.69, 9.17) is 4.74 Å². The number of fused-ring (bicyclic) bond motifs is 1. The Morgan fingerprint density at radius 3 is 2.33 bits per heavy atom. The van der Waals surface area contributed by atoms with E-state index in [-0.39, 0.29) is 0 Å². The number of benzene rings is 2. The standard InChI is InChI=1S/C23H26FNO5/c1-12-3-6-14(7-4-12)9-25-10-15(18-13(2)5-8-16(24)19(18)25)23-22(29)21(28)20(27)17(11-26)30-23/h3-8,10,17,20-23,26-29H,9,11H2,1-2H3/t17-,20-,21+,22-,23+/m1/s1. The summed E-state index contributed by atoms with van der Waals surface area (Å²) >= 11 is 0. The fraction of sp³-hybridized carbons (Fsp3) is 0.391. The number of aromatic nitrogens is 1. The van der Waals surface area contributed by atoms with Crippen molar-refractivity contribution in [2.75, 3.05) is 6.61 Å². The maximum Gasteiger partial charge on any atom is 0.147 e. The molecular weight excluding hydrogens is 389 g/mol. The summed E-state index contributed by atoms with van der Waals surface area (Å²) in [4.78, 5) is 0. The highest BCUT2D eigenvalue weighted by molar-refractivity contribution is 5.88. The molecule has 2 aromatic carbocycles. The third-order valence-electron chi connectivity index (χ3n) is 5.88. The van der Waals surface area contributed by atoms with Gasteiger partial charge in [0.05, 0.1) is 12.1 Å². The molecule has 0 amide bonds. The molecule has 1 saturated heterocycles. The largest absolute Gasteiger partial charge is 0.394 e. The molecule has 5 atom stereocenters. The number of nitrogens with zero attached hydrogens (tertiary/aromatic N) is 1. The van der Waals surface area contributed by atoms with Crippen LogP contribution in [0.2, 0.25) is 0 Å². The van der Waals surface area contributed by atoms with Gasteiger partial charge < -0.3 is 29.7 Å². The highest BCUT2D eigenvalue weighted by Gasteiger charge is 2.45. The van der Waals surface area contributed by atoms with Crippen molar-refractivity contribution in [3.05, 3.63) is 70.7 Å². The SMILES string of the molecule is Cc1ccc(Cn2cc([C@@H]3O[C@H](CO)[C@@H](O)[C@H](O)[C@H]3O)c3c(C)ccc(F)c32)cc1. The third-order valence-corrected chi connectivity index (χ3v) is 5.88. The molecule has 0 bridgehead atoms. The zero-order valence-electron chi connectivity index (χ0n) is 16.9. The van der Waals surface area contributed by atoms with Gasteiger partial charge in [-0.2, -0.15) is 0 Å². The number of rotatable bonds is 4. The van der Waals surface area contributed by atoms with E-state index in [2.05, 4.69) is 0 Å². The first-order chi connectivity index (χ1) is 14.3. The monoisotopic (exact) mass is 415 g/mol. The van der Waals surface area contributed by atoms with Crippen LogP contribution in [0.25, 0.3) is 10.9 Å². The normalized spacial score (nSPS) is 27.0. The fourth-order valence-corrected chi connectivity index (χ4v) is 4.20. The Hall–Kier alpha value is -2.29. The molecule has 0 saturated carbocycles. The van der Waals surface area contributed by atoms with Crippen LogP contribution in [0.4, 0.5) is 4.39 Å². The molecule has 0 unspecified atom stereocenters. The minimum atomic E-state index is -1.50. The highest BCUT2D eigenvalue weighted by atomic mass is 19.1. The summed E-state index contributed by atoms with van der Waals surface area (Å²) in [6, 6.07) is 11.0. The predicted octanol–water partition coefficient (Wildman–Crippen LogP) is 1.96. The lowest BCUT2D eigenvalue weighted by Gasteiger charge is -2.40. The van der Waals surface area contributed by atoms with Crippen LogP contribution >= 0.6 is 0 Å². The van der Waals surface area contributed by atoms with Crippen LogP contribution in [0.15, 0.2) is 42.6 Å². The van der Waals surface area contributed by atoms with E-state index in [0.717, 1.165) is 16.7 Å². The minimum Gasteiger partial charge on any atom is -0.394 e. The summed E-state index contributed by atoms with van der Waals surface area (Å²) in [5.41, 5.74) is 3.79. The van der Waals surface area contributed by atoms with E-state index in [1.165, 1.54) is 6.07 Å². The van der Waals surface area contributed by atoms with Crippen LogP contribution in [0.5, 0.6) is 0 Å². The van der Waals surface area contributed by atoms with Gasteiger partial charge >= 0.3 is 0 Å². The van der Waals surface area contributed by atoms with Gasteiger partial charge in [0.25, 0.3) is 0 Å². The van der Waals surface area contributed by atoms with Gasteiger partial charge in [0, 0.05) is 23.7 Å². The Kier molecular flexibility index (Phi) is 5.65. The summed E-state index contributed by atoms with van der Waals surface area (Å²) < 4.78 is 22.4. The van der Waals surface area contributed by atoms with Gasteiger partial charge in [0.15, 0.2) is 0 Å². The Bertz CT molecular complexity index is 1050. The second kappa shape index (κ2) is 8.09. The van der Waals surface area contributed by atoms with Gasteiger partial charge in [0.1, 0.15) is 36.3 Å². The second-order valence-electron chi connectivity index (χ2n) is 8.04. The minimum absolute atomic E-state index is 0.377. The summed E-state index contributed by atoms with van der Waals surface area (Å²) in [5, 5.41) is 41.0. The molecule has 0 radical (unpaired) electrons. The van der Waals surface area contributed by atoms with E-state index < -0.39 is 42.9 Å². The molecule has 0 aliphatic carbocycles. The molecule has 1 aliphatic heterocycles. The zero-order chi connectivity index (χ0) is 21.6. The fourth-order valence-electron chi connectivity index (χ4n) is 4.20. The molecule has 6 nitrogen and oxygen atoms in total. The van der Waals surface area contributed by atoms with Crippen molar-refractivity contribution in [2.45, 2.75) is 50.9 Å². The summed E-state index contributed by atoms with van der Waals surface area (Å²) in [6.07, 6.45) is -4.71. The molecule has 3 aromatic rings. The molecule has 1 aromatic heterocycles. The maximum absolute atomic E-state index is 14.9. The van der Waals surface area contributed by atoms with E-state index in [1.807, 2.05) is 38.1 Å². The van der Waals surface area contributed by atoms with Crippen molar-refractivity contribution >= 4 is 10.9 Å². The number of ether oxygens (including phenoxy) is 1. The average molecular weight is 415 g/mol. The van der Waals surface area contributed by atoms with E-state index in [0.29, 0.717) is 23.0 Å². The van der Waals surface area contributed by atoms with Crippen LogP contribution in [0.1, 0.15) is 28.4 Å². The molecule has 0 spiro atoms. The molecule has 4 rings (SSSR count). The molecular formula is C23H26FNO5. The molecule has 7 heteroatoms. The number of halogens is 1. The second-order valence-corrected chi connectivity index (χ2v) is 8.04. The number of hydrogen-bond donors (Lipinski definition) is 4. The van der Waals surface area contributed by atoms with Crippen molar-refractivity contribution in [1.29, 1.82) is 0 Å². The van der Waals surface area contributed by atoms with Crippen molar-refractivity contribution in [3.63, 3.8) is 0 Å². The summed E-state index contributed by atoms with van der Waals surface area (Å²) in [7, 11) is 0. The lowest BCUT2D eigenvalue weighted by Crippen LogP contribution is -2.55. The van der Waals surface area contributed by atoms with Crippen LogP contribution in [-0.4, -0.2) is 56.0 Å². The Balaban J connectivity index is 1.84. The smallest absolute Gasteiger partial charge is 0.147 e. The molecule has 160 valence electrons. The zero-order valence-corrected chi connectivity index (χ0v) is 16.9. The highest BCUT2D eigenvalue weighted by Crippen LogP contribution is 2.39. The number of aliphatic hydroxyl groups is 4. The van der Waals surface area contributed by atoms with Gasteiger partial charge in [-0.3, -0.25) is 0 Å². The van der Waals surface area contributed by atoms with Gasteiger partial charge in [-0.1, -0.05) is 35.9 Å². The van der Waals surface area contributed by atoms with Crippen molar-refractivity contribution in [3.8, 4) is 0 Å². The number of aliphatic hydroxyl groups excluding tert-OH is 4. The topological polar surface area (TPSA) is 95.1 Å². The molecule has 30 heavy (non-hydrogen) atoms. The predicted molar refractivity (Wildman–Crippen MR) is 110 cm³/mol. The Labute approximate surface area is 173 Å². The van der Waals surface area contributed by atoms with Gasteiger partial charge in [-0.15, -0.1) is 0 Å². The molecule has 1 aliphatic rings. The average Bonchev–Trinajstić information content (AvgIpc) is 3.11. The van der Waals surface area contributed by atoms with Gasteiger partial charge in [-0.05, 0) is 31.0 Å². The van der Waals surface area contributed by atoms with Crippen molar-refractivity contribution in [2.24, 2.45) is 0 Å². The Morgan fingerprint density at radius 1 is 0.967 bits per heavy atom. The van der Waals surface area contributed by atoms with Crippen molar-refractivity contribution < 1.29 is 29.6 Å². The maximum atomic E-state index is 14.9. The molecule has 4 N–H and O–H groups in total. The quantitative estimate of drug-likeness (QED) is 0.523. The van der Waals surface area contributed by atoms with Crippen LogP contribution < -0.4 is 0 Å².